The summed E-state index contributed by atoms with van der Waals surface area (Å²) in [5.74, 6) is -13.0. The van der Waals surface area contributed by atoms with Crippen molar-refractivity contribution in [2.24, 2.45) is 29.1 Å². The van der Waals surface area contributed by atoms with Crippen LogP contribution in [0.2, 0.25) is 0 Å². The zero-order valence-electron chi connectivity index (χ0n) is 71.5. The fourth-order valence-corrected chi connectivity index (χ4v) is 12.1. The predicted octanol–water partition coefficient (Wildman–Crippen LogP) is 5.37. The molecule has 1 saturated heterocycles. The zero-order chi connectivity index (χ0) is 87.4. The number of aliphatic hydroxyl groups excluding tert-OH is 2. The molecular weight excluding hydrogens is 1490 g/mol. The van der Waals surface area contributed by atoms with Gasteiger partial charge in [-0.3, -0.25) is 52.7 Å². The van der Waals surface area contributed by atoms with Gasteiger partial charge >= 0.3 is 30.3 Å². The average Bonchev–Trinajstić information content (AvgIpc) is 1.12. The lowest BCUT2D eigenvalue weighted by molar-refractivity contribution is -0.155. The Kier molecular flexibility index (Phi) is 43.6. The summed E-state index contributed by atoms with van der Waals surface area (Å²) in [6, 6.07) is -1.66. The molecule has 652 valence electrons. The minimum Gasteiger partial charge on any atom is -0.465 e. The molecule has 1 aliphatic heterocycles. The summed E-state index contributed by atoms with van der Waals surface area (Å²) >= 11 is 0. The molecule has 14 N–H and O–H groups in total. The molecule has 12 atom stereocenters. The van der Waals surface area contributed by atoms with Crippen LogP contribution in [-0.2, 0) is 82.8 Å². The smallest absolute Gasteiger partial charge is 0.407 e. The second-order valence-corrected chi connectivity index (χ2v) is 34.6. The molecule has 0 aromatic heterocycles. The molecule has 0 radical (unpaired) electrons. The van der Waals surface area contributed by atoms with Crippen LogP contribution >= 0.6 is 0 Å². The van der Waals surface area contributed by atoms with Crippen molar-refractivity contribution < 1.29 is 106 Å². The van der Waals surface area contributed by atoms with Crippen LogP contribution in [0.4, 0.5) is 19.2 Å². The van der Waals surface area contributed by atoms with E-state index in [9.17, 15) is 67.7 Å². The largest absolute Gasteiger partial charge is 0.465 e. The molecule has 2 unspecified atom stereocenters. The van der Waals surface area contributed by atoms with Crippen LogP contribution in [-0.4, -0.2) is 222 Å². The number of esters is 1. The molecule has 1 heterocycles. The first-order valence-corrected chi connectivity index (χ1v) is 40.2. The molecule has 0 aliphatic carbocycles. The van der Waals surface area contributed by atoms with Gasteiger partial charge in [0.25, 0.3) is 0 Å². The summed E-state index contributed by atoms with van der Waals surface area (Å²) in [7, 11) is 0. The Morgan fingerprint density at radius 1 is 0.548 bits per heavy atom. The highest BCUT2D eigenvalue weighted by Crippen LogP contribution is 2.25. The molecule has 0 spiro atoms. The summed E-state index contributed by atoms with van der Waals surface area (Å²) in [6.07, 6.45) is -8.52. The van der Waals surface area contributed by atoms with E-state index in [0.29, 0.717) is 18.4 Å². The quantitative estimate of drug-likeness (QED) is 0.0300. The number of hydrogen-bond donors (Lipinski definition) is 14. The zero-order valence-corrected chi connectivity index (χ0v) is 71.5. The Balaban J connectivity index is 3.03. The molecule has 115 heavy (non-hydrogen) atoms. The number of ketones is 3. The van der Waals surface area contributed by atoms with Crippen LogP contribution in [0.15, 0.2) is 30.3 Å². The first-order valence-electron chi connectivity index (χ1n) is 40.2. The van der Waals surface area contributed by atoms with Crippen LogP contribution in [0, 0.1) is 29.1 Å². The maximum Gasteiger partial charge on any atom is 0.407 e. The third-order valence-electron chi connectivity index (χ3n) is 18.0. The lowest BCUT2D eigenvalue weighted by Gasteiger charge is -2.29. The number of benzene rings is 1. The van der Waals surface area contributed by atoms with E-state index < -0.39 is 208 Å². The second-order valence-electron chi connectivity index (χ2n) is 34.6. The normalized spacial score (nSPS) is 20.3. The van der Waals surface area contributed by atoms with Gasteiger partial charge in [0.15, 0.2) is 17.3 Å². The third kappa shape index (κ3) is 42.9. The van der Waals surface area contributed by atoms with Gasteiger partial charge < -0.3 is 97.7 Å². The first kappa shape index (κ1) is 102. The van der Waals surface area contributed by atoms with Gasteiger partial charge in [-0.05, 0) is 186 Å². The number of rotatable bonds is 35. The van der Waals surface area contributed by atoms with E-state index >= 15 is 14.4 Å². The summed E-state index contributed by atoms with van der Waals surface area (Å²) in [6.45, 7) is 30.7. The molecule has 1 aromatic rings. The van der Waals surface area contributed by atoms with Crippen molar-refractivity contribution in [2.75, 3.05) is 45.9 Å². The summed E-state index contributed by atoms with van der Waals surface area (Å²) in [4.78, 5) is 212. The van der Waals surface area contributed by atoms with E-state index in [2.05, 4.69) is 63.8 Å². The molecule has 1 fully saturated rings. The monoisotopic (exact) mass is 1630 g/mol. The van der Waals surface area contributed by atoms with Crippen molar-refractivity contribution in [3.05, 3.63) is 35.9 Å². The van der Waals surface area contributed by atoms with Crippen molar-refractivity contribution in [3.63, 3.8) is 0 Å². The molecule has 1 aromatic carbocycles. The van der Waals surface area contributed by atoms with Gasteiger partial charge in [0.05, 0.1) is 54.1 Å². The van der Waals surface area contributed by atoms with E-state index in [1.807, 2.05) is 6.92 Å². The van der Waals surface area contributed by atoms with Crippen molar-refractivity contribution in [1.29, 1.82) is 0 Å². The number of nitrogens with one attached hydrogen (secondary N) is 12. The number of carbonyl (C=O) groups excluding carboxylic acids is 15. The fraction of sp³-hybridized carbons (Fsp3) is 0.741. The van der Waals surface area contributed by atoms with Crippen molar-refractivity contribution >= 4 is 89.0 Å². The SMILES string of the molecule is CCC[C@H](NC(=O)CCOC(=O)C(C)(C)CCC)C(=O)C[C@H](C(=O)N[C@@H](CCNC(=O)OC(C)(C)C)C(=O)C[C@H]1CCNC(=O)[C@H](C(C)O)NC(=O)[C@H](CCNC(=O)OC(C)(C)C)CC(=O)[C@H](CCNC(=O)OC(C)(C)C)NC(=O)[C@H](CC(C)C)NC(=O)[C@@H](Cc2ccccc2)NC(=O)[C@H](CCNC(=O)OC(C)(C)C)NC1)C(C)O. The fourth-order valence-electron chi connectivity index (χ4n) is 12.1. The van der Waals surface area contributed by atoms with Gasteiger partial charge in [-0.1, -0.05) is 70.9 Å². The van der Waals surface area contributed by atoms with Crippen molar-refractivity contribution in [3.8, 4) is 0 Å². The Labute approximate surface area is 678 Å². The third-order valence-corrected chi connectivity index (χ3v) is 18.0. The van der Waals surface area contributed by atoms with E-state index in [1.54, 1.807) is 148 Å². The number of hydrogen-bond acceptors (Lipinski definition) is 23. The van der Waals surface area contributed by atoms with Crippen molar-refractivity contribution in [2.45, 2.75) is 312 Å². The van der Waals surface area contributed by atoms with Crippen molar-refractivity contribution in [1.82, 2.24) is 63.8 Å². The van der Waals surface area contributed by atoms with Gasteiger partial charge in [-0.25, -0.2) is 19.2 Å². The highest BCUT2D eigenvalue weighted by molar-refractivity contribution is 5.98. The molecule has 2 rings (SSSR count). The topological polar surface area (TPSA) is 487 Å². The molecular formula is C81H136N12O22. The average molecular weight is 1630 g/mol. The number of amides is 11. The first-order chi connectivity index (χ1) is 53.3. The number of aliphatic hydroxyl groups is 2. The second kappa shape index (κ2) is 49.1. The standard InChI is InChI=1S/C81H136N12O22/c1-21-26-55(88-64(99)34-41-111-72(106)81(19,20)35-22-2)63(98)46-54(49(5)94)67(101)89-56(31-38-84-74(108)113-78(10,11)12)61(96)44-52-29-36-82-71(105)65(50(6)95)93-66(100)53(30-37-83-73(107)112-77(7,8)9)45-62(97)57(32-39-85-75(109)114-79(13,14)15)90-69(103)59(42-48(3)4)91-70(104)60(43-51-27-24-23-25-28-51)92-68(102)58(87-47-52)33-40-86-76(110)115-80(16,17)18/h23-25,27-28,48-50,52-60,65,87,94-95H,21-22,26,29-47H2,1-20H3,(H,82,105)(H,83,107)(H,84,108)(H,85,109)(H,86,110)(H,88,99)(H,89,101)(H,90,103)(H,91,104)(H,92,102)(H,93,100)/t49?,50?,52-,53-,54+,55+,56+,57+,58+,59+,60-,65+/m1/s1. The molecule has 0 bridgehead atoms. The van der Waals surface area contributed by atoms with Crippen LogP contribution < -0.4 is 63.8 Å². The van der Waals surface area contributed by atoms with Crippen LogP contribution in [0.25, 0.3) is 0 Å². The lowest BCUT2D eigenvalue weighted by Crippen LogP contribution is -2.58. The number of carbonyl (C=O) groups is 15. The minimum atomic E-state index is -1.76. The maximum atomic E-state index is 15.3. The van der Waals surface area contributed by atoms with Crippen LogP contribution in [0.3, 0.4) is 0 Å². The van der Waals surface area contributed by atoms with E-state index in [-0.39, 0.29) is 110 Å². The van der Waals surface area contributed by atoms with Gasteiger partial charge in [0.1, 0.15) is 47.1 Å². The number of ether oxygens (including phenoxy) is 5. The molecule has 34 nitrogen and oxygen atoms in total. The van der Waals surface area contributed by atoms with E-state index in [4.69, 9.17) is 23.7 Å². The number of Topliss-reactive ketones (excluding diaryl/α,β-unsaturated/α-hetero) is 3. The summed E-state index contributed by atoms with van der Waals surface area (Å²) < 4.78 is 27.2. The van der Waals surface area contributed by atoms with E-state index in [0.717, 1.165) is 6.42 Å². The van der Waals surface area contributed by atoms with Gasteiger partial charge in [0, 0.05) is 64.3 Å². The predicted molar refractivity (Wildman–Crippen MR) is 428 cm³/mol. The molecule has 11 amide bonds. The minimum absolute atomic E-state index is 0.0428. The Hall–Kier alpha value is -9.05. The Morgan fingerprint density at radius 2 is 1.03 bits per heavy atom. The van der Waals surface area contributed by atoms with Gasteiger partial charge in [-0.15, -0.1) is 0 Å². The van der Waals surface area contributed by atoms with E-state index in [1.165, 1.54) is 13.8 Å². The molecule has 1 aliphatic rings. The van der Waals surface area contributed by atoms with Gasteiger partial charge in [-0.2, -0.15) is 0 Å². The maximum absolute atomic E-state index is 15.3. The number of alkyl carbamates (subject to hydrolysis) is 4. The highest BCUT2D eigenvalue weighted by atomic mass is 16.6. The van der Waals surface area contributed by atoms with Gasteiger partial charge in [0.2, 0.25) is 41.4 Å². The summed E-state index contributed by atoms with van der Waals surface area (Å²) in [5.41, 5.74) is -4.04. The molecule has 0 saturated carbocycles. The highest BCUT2D eigenvalue weighted by Gasteiger charge is 2.39. The molecule has 34 heteroatoms. The lowest BCUT2D eigenvalue weighted by atomic mass is 9.88. The van der Waals surface area contributed by atoms with Crippen LogP contribution in [0.1, 0.15) is 234 Å². The Bertz CT molecular complexity index is 3360. The Morgan fingerprint density at radius 3 is 1.54 bits per heavy atom. The summed E-state index contributed by atoms with van der Waals surface area (Å²) in [5, 5.41) is 55.0. The van der Waals surface area contributed by atoms with Crippen LogP contribution in [0.5, 0.6) is 0 Å².